The molecule has 17 heavy (non-hydrogen) atoms. The van der Waals surface area contributed by atoms with Crippen LogP contribution in [0.5, 0.6) is 5.75 Å². The SMILES string of the molecule is O=C(CCOc1ccc(Br)cc1)N1CC(O)C1. The highest BCUT2D eigenvalue weighted by molar-refractivity contribution is 9.10. The van der Waals surface area contributed by atoms with Crippen molar-refractivity contribution < 1.29 is 14.6 Å². The van der Waals surface area contributed by atoms with Gasteiger partial charge in [-0.05, 0) is 24.3 Å². The van der Waals surface area contributed by atoms with Crippen LogP contribution in [0.15, 0.2) is 28.7 Å². The van der Waals surface area contributed by atoms with E-state index in [2.05, 4.69) is 15.9 Å². The summed E-state index contributed by atoms with van der Waals surface area (Å²) < 4.78 is 6.44. The molecule has 0 aliphatic carbocycles. The lowest BCUT2D eigenvalue weighted by molar-refractivity contribution is -0.141. The molecule has 1 saturated heterocycles. The molecule has 92 valence electrons. The average Bonchev–Trinajstić information content (AvgIpc) is 2.27. The molecule has 1 N–H and O–H groups in total. The van der Waals surface area contributed by atoms with Crippen molar-refractivity contribution in [1.29, 1.82) is 0 Å². The Hall–Kier alpha value is -1.07. The second-order valence-corrected chi connectivity index (χ2v) is 4.92. The minimum atomic E-state index is -0.341. The van der Waals surface area contributed by atoms with Crippen molar-refractivity contribution >= 4 is 21.8 Å². The number of rotatable bonds is 4. The monoisotopic (exact) mass is 299 g/mol. The maximum absolute atomic E-state index is 11.5. The van der Waals surface area contributed by atoms with Gasteiger partial charge in [0.15, 0.2) is 0 Å². The molecule has 0 atom stereocenters. The average molecular weight is 300 g/mol. The number of ether oxygens (including phenoxy) is 1. The number of hydrogen-bond donors (Lipinski definition) is 1. The zero-order chi connectivity index (χ0) is 12.3. The lowest BCUT2D eigenvalue weighted by atomic mass is 10.1. The van der Waals surface area contributed by atoms with Gasteiger partial charge in [-0.2, -0.15) is 0 Å². The third kappa shape index (κ3) is 3.44. The lowest BCUT2D eigenvalue weighted by Gasteiger charge is -2.35. The van der Waals surface area contributed by atoms with Crippen LogP contribution in [0.25, 0.3) is 0 Å². The van der Waals surface area contributed by atoms with Crippen molar-refractivity contribution in [3.05, 3.63) is 28.7 Å². The maximum atomic E-state index is 11.5. The molecule has 0 spiro atoms. The van der Waals surface area contributed by atoms with Crippen molar-refractivity contribution in [2.24, 2.45) is 0 Å². The number of halogens is 1. The first-order chi connectivity index (χ1) is 8.15. The van der Waals surface area contributed by atoms with Crippen LogP contribution in [-0.2, 0) is 4.79 Å². The van der Waals surface area contributed by atoms with Crippen molar-refractivity contribution in [2.45, 2.75) is 12.5 Å². The van der Waals surface area contributed by atoms with Crippen LogP contribution in [0, 0.1) is 0 Å². The Labute approximate surface area is 108 Å². The van der Waals surface area contributed by atoms with E-state index in [-0.39, 0.29) is 12.0 Å². The fourth-order valence-electron chi connectivity index (χ4n) is 1.60. The van der Waals surface area contributed by atoms with Gasteiger partial charge in [0.2, 0.25) is 5.91 Å². The first kappa shape index (κ1) is 12.4. The van der Waals surface area contributed by atoms with Crippen LogP contribution >= 0.6 is 15.9 Å². The maximum Gasteiger partial charge on any atom is 0.226 e. The minimum Gasteiger partial charge on any atom is -0.493 e. The predicted octanol–water partition coefficient (Wildman–Crippen LogP) is 1.42. The van der Waals surface area contributed by atoms with E-state index in [1.165, 1.54) is 0 Å². The molecule has 1 fully saturated rings. The number of carbonyl (C=O) groups excluding carboxylic acids is 1. The summed E-state index contributed by atoms with van der Waals surface area (Å²) in [6.45, 7) is 1.28. The first-order valence-corrected chi connectivity index (χ1v) is 6.28. The summed E-state index contributed by atoms with van der Waals surface area (Å²) in [6.07, 6.45) is 0.00863. The fourth-order valence-corrected chi connectivity index (χ4v) is 1.87. The molecule has 2 rings (SSSR count). The van der Waals surface area contributed by atoms with E-state index in [4.69, 9.17) is 9.84 Å². The van der Waals surface area contributed by atoms with Gasteiger partial charge in [0.05, 0.1) is 19.1 Å². The number of benzene rings is 1. The van der Waals surface area contributed by atoms with Gasteiger partial charge in [-0.3, -0.25) is 4.79 Å². The summed E-state index contributed by atoms with van der Waals surface area (Å²) in [5.41, 5.74) is 0. The Morgan fingerprint density at radius 3 is 2.65 bits per heavy atom. The number of amides is 1. The summed E-state index contributed by atoms with van der Waals surface area (Å²) in [7, 11) is 0. The number of carbonyl (C=O) groups is 1. The molecular weight excluding hydrogens is 286 g/mol. The molecule has 0 unspecified atom stereocenters. The van der Waals surface area contributed by atoms with Crippen LogP contribution in [0.2, 0.25) is 0 Å². The second-order valence-electron chi connectivity index (χ2n) is 4.00. The van der Waals surface area contributed by atoms with Crippen molar-refractivity contribution in [2.75, 3.05) is 19.7 Å². The third-order valence-corrected chi connectivity index (χ3v) is 3.14. The van der Waals surface area contributed by atoms with E-state index in [1.807, 2.05) is 24.3 Å². The molecule has 1 aliphatic heterocycles. The van der Waals surface area contributed by atoms with Gasteiger partial charge < -0.3 is 14.7 Å². The Morgan fingerprint density at radius 1 is 1.41 bits per heavy atom. The van der Waals surface area contributed by atoms with Crippen LogP contribution < -0.4 is 4.74 Å². The summed E-state index contributed by atoms with van der Waals surface area (Å²) in [4.78, 5) is 13.2. The number of aliphatic hydroxyl groups is 1. The molecule has 4 nitrogen and oxygen atoms in total. The summed E-state index contributed by atoms with van der Waals surface area (Å²) in [5, 5.41) is 9.07. The van der Waals surface area contributed by atoms with E-state index in [1.54, 1.807) is 4.90 Å². The number of hydrogen-bond acceptors (Lipinski definition) is 3. The Kier molecular flexibility index (Phi) is 4.02. The Balaban J connectivity index is 1.69. The fraction of sp³-hybridized carbons (Fsp3) is 0.417. The highest BCUT2D eigenvalue weighted by atomic mass is 79.9. The van der Waals surface area contributed by atoms with Crippen LogP contribution in [0.4, 0.5) is 0 Å². The molecular formula is C12H14BrNO3. The molecule has 0 radical (unpaired) electrons. The third-order valence-electron chi connectivity index (χ3n) is 2.61. The van der Waals surface area contributed by atoms with Gasteiger partial charge in [0.1, 0.15) is 5.75 Å². The topological polar surface area (TPSA) is 49.8 Å². The van der Waals surface area contributed by atoms with Crippen molar-refractivity contribution in [1.82, 2.24) is 4.90 Å². The van der Waals surface area contributed by atoms with Gasteiger partial charge in [-0.15, -0.1) is 0 Å². The molecule has 1 aromatic carbocycles. The van der Waals surface area contributed by atoms with Gasteiger partial charge >= 0.3 is 0 Å². The zero-order valence-electron chi connectivity index (χ0n) is 9.30. The molecule has 0 bridgehead atoms. The van der Waals surface area contributed by atoms with Gasteiger partial charge in [0.25, 0.3) is 0 Å². The number of β-amino-alcohol motifs (C(OH)–C–C–N with tert-alkyl or cyclic N) is 1. The van der Waals surface area contributed by atoms with Gasteiger partial charge in [0, 0.05) is 17.6 Å². The lowest BCUT2D eigenvalue weighted by Crippen LogP contribution is -2.53. The predicted molar refractivity (Wildman–Crippen MR) is 66.8 cm³/mol. The van der Waals surface area contributed by atoms with Crippen LogP contribution in [-0.4, -0.2) is 41.7 Å². The largest absolute Gasteiger partial charge is 0.493 e. The molecule has 1 amide bonds. The summed E-state index contributed by atoms with van der Waals surface area (Å²) in [5.74, 6) is 0.789. The Bertz CT molecular complexity index is 387. The van der Waals surface area contributed by atoms with E-state index >= 15 is 0 Å². The molecule has 1 aromatic rings. The molecule has 1 aliphatic rings. The van der Waals surface area contributed by atoms with Gasteiger partial charge in [-0.25, -0.2) is 0 Å². The number of aliphatic hydroxyl groups excluding tert-OH is 1. The highest BCUT2D eigenvalue weighted by Crippen LogP contribution is 2.16. The minimum absolute atomic E-state index is 0.0346. The van der Waals surface area contributed by atoms with E-state index < -0.39 is 0 Å². The molecule has 0 saturated carbocycles. The van der Waals surface area contributed by atoms with Gasteiger partial charge in [-0.1, -0.05) is 15.9 Å². The second kappa shape index (κ2) is 5.51. The van der Waals surface area contributed by atoms with E-state index in [9.17, 15) is 4.79 Å². The smallest absolute Gasteiger partial charge is 0.226 e. The normalized spacial score (nSPS) is 15.5. The van der Waals surface area contributed by atoms with Crippen LogP contribution in [0.1, 0.15) is 6.42 Å². The summed E-state index contributed by atoms with van der Waals surface area (Å²) >= 11 is 3.34. The zero-order valence-corrected chi connectivity index (χ0v) is 10.9. The molecule has 1 heterocycles. The standard InChI is InChI=1S/C12H14BrNO3/c13-9-1-3-11(4-2-9)17-6-5-12(16)14-7-10(15)8-14/h1-4,10,15H,5-8H2. The van der Waals surface area contributed by atoms with Crippen LogP contribution in [0.3, 0.4) is 0 Å². The van der Waals surface area contributed by atoms with E-state index in [0.717, 1.165) is 10.2 Å². The number of nitrogens with zero attached hydrogens (tertiary/aromatic N) is 1. The Morgan fingerprint density at radius 2 is 2.06 bits per heavy atom. The molecule has 5 heteroatoms. The molecule has 0 aromatic heterocycles. The first-order valence-electron chi connectivity index (χ1n) is 5.49. The number of likely N-dealkylation sites (tertiary alicyclic amines) is 1. The highest BCUT2D eigenvalue weighted by Gasteiger charge is 2.28. The quantitative estimate of drug-likeness (QED) is 0.915. The summed E-state index contributed by atoms with van der Waals surface area (Å²) in [6, 6.07) is 7.48. The van der Waals surface area contributed by atoms with E-state index in [0.29, 0.717) is 26.1 Å². The van der Waals surface area contributed by atoms with Crippen molar-refractivity contribution in [3.63, 3.8) is 0 Å². The van der Waals surface area contributed by atoms with Crippen molar-refractivity contribution in [3.8, 4) is 5.75 Å².